The molecule has 0 bridgehead atoms. The minimum absolute atomic E-state index is 0.335. The molecule has 1 aromatic carbocycles. The number of hydrogen-bond donors (Lipinski definition) is 1. The zero-order valence-electron chi connectivity index (χ0n) is 12.8. The number of hydrogen-bond acceptors (Lipinski definition) is 9. The van der Waals surface area contributed by atoms with Crippen molar-refractivity contribution < 1.29 is 4.74 Å². The summed E-state index contributed by atoms with van der Waals surface area (Å²) in [5, 5.41) is 12.3. The van der Waals surface area contributed by atoms with Crippen molar-refractivity contribution in [3.63, 3.8) is 0 Å². The molecule has 2 heterocycles. The summed E-state index contributed by atoms with van der Waals surface area (Å²) >= 11 is 4.38. The highest BCUT2D eigenvalue weighted by Gasteiger charge is 2.12. The number of anilines is 2. The molecular weight excluding hydrogens is 350 g/mol. The SMILES string of the molecule is COc1ccc(Nc2nnc(Sc3nc(C(C)C)ns3)s2)cc1. The minimum Gasteiger partial charge on any atom is -0.497 e. The standard InChI is InChI=1S/C14H15N5OS3/c1-8(2)11-16-13(23-19-11)22-14-18-17-12(21-14)15-9-4-6-10(20-3)7-5-9/h4-8H,1-3H3,(H,15,17). The Labute approximate surface area is 146 Å². The first kappa shape index (κ1) is 16.2. The average molecular weight is 366 g/mol. The van der Waals surface area contributed by atoms with Crippen molar-refractivity contribution >= 4 is 45.5 Å². The van der Waals surface area contributed by atoms with Crippen molar-refractivity contribution in [2.45, 2.75) is 28.4 Å². The second-order valence-electron chi connectivity index (χ2n) is 4.90. The highest BCUT2D eigenvalue weighted by atomic mass is 32.2. The van der Waals surface area contributed by atoms with E-state index in [1.807, 2.05) is 24.3 Å². The molecule has 0 saturated carbocycles. The summed E-state index contributed by atoms with van der Waals surface area (Å²) in [7, 11) is 1.65. The quantitative estimate of drug-likeness (QED) is 0.693. The van der Waals surface area contributed by atoms with Crippen molar-refractivity contribution in [3.8, 4) is 5.75 Å². The Bertz CT molecular complexity index is 769. The molecule has 0 aliphatic heterocycles. The maximum atomic E-state index is 5.14. The maximum absolute atomic E-state index is 5.14. The summed E-state index contributed by atoms with van der Waals surface area (Å²) in [4.78, 5) is 4.49. The van der Waals surface area contributed by atoms with Gasteiger partial charge in [0.2, 0.25) is 5.13 Å². The normalized spacial score (nSPS) is 11.0. The van der Waals surface area contributed by atoms with Crippen LogP contribution in [0.3, 0.4) is 0 Å². The van der Waals surface area contributed by atoms with Gasteiger partial charge in [-0.05, 0) is 47.6 Å². The first-order valence-electron chi connectivity index (χ1n) is 6.90. The van der Waals surface area contributed by atoms with Crippen LogP contribution in [-0.4, -0.2) is 26.7 Å². The molecule has 0 amide bonds. The van der Waals surface area contributed by atoms with E-state index in [1.165, 1.54) is 34.6 Å². The Morgan fingerprint density at radius 3 is 2.57 bits per heavy atom. The molecule has 0 aliphatic rings. The van der Waals surface area contributed by atoms with Gasteiger partial charge in [0.1, 0.15) is 11.6 Å². The topological polar surface area (TPSA) is 72.8 Å². The third-order valence-electron chi connectivity index (χ3n) is 2.86. The van der Waals surface area contributed by atoms with Crippen LogP contribution in [-0.2, 0) is 0 Å². The van der Waals surface area contributed by atoms with Crippen molar-refractivity contribution in [2.24, 2.45) is 0 Å². The van der Waals surface area contributed by atoms with Crippen molar-refractivity contribution in [2.75, 3.05) is 12.4 Å². The zero-order valence-corrected chi connectivity index (χ0v) is 15.3. The highest BCUT2D eigenvalue weighted by Crippen LogP contribution is 2.34. The van der Waals surface area contributed by atoms with Crippen LogP contribution in [0.25, 0.3) is 0 Å². The molecule has 3 rings (SSSR count). The van der Waals surface area contributed by atoms with Crippen molar-refractivity contribution in [1.29, 1.82) is 0 Å². The minimum atomic E-state index is 0.335. The number of methoxy groups -OCH3 is 1. The zero-order chi connectivity index (χ0) is 16.2. The van der Waals surface area contributed by atoms with E-state index in [-0.39, 0.29) is 0 Å². The van der Waals surface area contributed by atoms with Gasteiger partial charge in [0.05, 0.1) is 7.11 Å². The number of aromatic nitrogens is 4. The number of ether oxygens (including phenoxy) is 1. The fourth-order valence-corrected chi connectivity index (χ4v) is 4.39. The lowest BCUT2D eigenvalue weighted by atomic mass is 10.2. The van der Waals surface area contributed by atoms with Crippen LogP contribution >= 0.6 is 34.6 Å². The molecular formula is C14H15N5OS3. The smallest absolute Gasteiger partial charge is 0.210 e. The fraction of sp³-hybridized carbons (Fsp3) is 0.286. The Morgan fingerprint density at radius 1 is 1.13 bits per heavy atom. The summed E-state index contributed by atoms with van der Waals surface area (Å²) in [5.74, 6) is 2.03. The van der Waals surface area contributed by atoms with Crippen LogP contribution in [0.4, 0.5) is 10.8 Å². The van der Waals surface area contributed by atoms with Crippen LogP contribution in [0, 0.1) is 0 Å². The summed E-state index contributed by atoms with van der Waals surface area (Å²) in [6.45, 7) is 4.16. The molecule has 23 heavy (non-hydrogen) atoms. The summed E-state index contributed by atoms with van der Waals surface area (Å²) in [5.41, 5.74) is 0.941. The van der Waals surface area contributed by atoms with Gasteiger partial charge < -0.3 is 10.1 Å². The molecule has 0 unspecified atom stereocenters. The lowest BCUT2D eigenvalue weighted by Crippen LogP contribution is -1.89. The third kappa shape index (κ3) is 4.18. The largest absolute Gasteiger partial charge is 0.497 e. The first-order valence-corrected chi connectivity index (χ1v) is 9.30. The average Bonchev–Trinajstić information content (AvgIpc) is 3.18. The van der Waals surface area contributed by atoms with E-state index in [0.717, 1.165) is 31.1 Å². The molecule has 120 valence electrons. The summed E-state index contributed by atoms with van der Waals surface area (Å²) in [6.07, 6.45) is 0. The fourth-order valence-electron chi connectivity index (χ4n) is 1.67. The Hall–Kier alpha value is -1.71. The van der Waals surface area contributed by atoms with Crippen molar-refractivity contribution in [1.82, 2.24) is 19.6 Å². The summed E-state index contributed by atoms with van der Waals surface area (Å²) in [6, 6.07) is 7.67. The molecule has 0 spiro atoms. The van der Waals surface area contributed by atoms with Gasteiger partial charge in [0, 0.05) is 11.6 Å². The van der Waals surface area contributed by atoms with E-state index in [1.54, 1.807) is 7.11 Å². The van der Waals surface area contributed by atoms with Gasteiger partial charge in [0.25, 0.3) is 0 Å². The molecule has 0 aliphatic carbocycles. The van der Waals surface area contributed by atoms with Gasteiger partial charge in [-0.3, -0.25) is 0 Å². The van der Waals surface area contributed by atoms with Gasteiger partial charge in [-0.2, -0.15) is 4.37 Å². The van der Waals surface area contributed by atoms with Crippen LogP contribution in [0.15, 0.2) is 32.9 Å². The maximum Gasteiger partial charge on any atom is 0.210 e. The molecule has 0 atom stereocenters. The predicted molar refractivity (Wildman–Crippen MR) is 94.3 cm³/mol. The van der Waals surface area contributed by atoms with E-state index < -0.39 is 0 Å². The number of rotatable bonds is 6. The van der Waals surface area contributed by atoms with Crippen LogP contribution < -0.4 is 10.1 Å². The van der Waals surface area contributed by atoms with E-state index in [4.69, 9.17) is 4.74 Å². The van der Waals surface area contributed by atoms with Crippen molar-refractivity contribution in [3.05, 3.63) is 30.1 Å². The lowest BCUT2D eigenvalue weighted by Gasteiger charge is -2.03. The lowest BCUT2D eigenvalue weighted by molar-refractivity contribution is 0.415. The molecule has 1 N–H and O–H groups in total. The molecule has 6 nitrogen and oxygen atoms in total. The van der Waals surface area contributed by atoms with Crippen LogP contribution in [0.1, 0.15) is 25.6 Å². The second kappa shape index (κ2) is 7.24. The van der Waals surface area contributed by atoms with Gasteiger partial charge >= 0.3 is 0 Å². The number of benzene rings is 1. The van der Waals surface area contributed by atoms with E-state index in [9.17, 15) is 0 Å². The van der Waals surface area contributed by atoms with Crippen LogP contribution in [0.5, 0.6) is 5.75 Å². The predicted octanol–water partition coefficient (Wildman–Crippen LogP) is 4.42. The van der Waals surface area contributed by atoms with Gasteiger partial charge in [-0.25, -0.2) is 4.98 Å². The molecule has 0 saturated heterocycles. The molecule has 2 aromatic heterocycles. The molecule has 0 fully saturated rings. The van der Waals surface area contributed by atoms with E-state index in [2.05, 4.69) is 38.7 Å². The van der Waals surface area contributed by atoms with E-state index >= 15 is 0 Å². The first-order chi connectivity index (χ1) is 11.1. The molecule has 9 heteroatoms. The third-order valence-corrected chi connectivity index (χ3v) is 5.52. The van der Waals surface area contributed by atoms with Gasteiger partial charge in [0.15, 0.2) is 8.68 Å². The number of nitrogens with zero attached hydrogens (tertiary/aromatic N) is 4. The van der Waals surface area contributed by atoms with Crippen LogP contribution in [0.2, 0.25) is 0 Å². The van der Waals surface area contributed by atoms with E-state index in [0.29, 0.717) is 5.92 Å². The Kier molecular flexibility index (Phi) is 5.09. The monoisotopic (exact) mass is 365 g/mol. The summed E-state index contributed by atoms with van der Waals surface area (Å²) < 4.78 is 11.2. The molecule has 0 radical (unpaired) electrons. The number of nitrogens with one attached hydrogen (secondary N) is 1. The van der Waals surface area contributed by atoms with Gasteiger partial charge in [-0.1, -0.05) is 25.2 Å². The highest BCUT2D eigenvalue weighted by molar-refractivity contribution is 8.02. The Morgan fingerprint density at radius 2 is 1.91 bits per heavy atom. The second-order valence-corrected chi connectivity index (χ2v) is 8.13. The van der Waals surface area contributed by atoms with Gasteiger partial charge in [-0.15, -0.1) is 10.2 Å². The Balaban J connectivity index is 1.64. The molecule has 3 aromatic rings.